The zero-order valence-corrected chi connectivity index (χ0v) is 18.9. The van der Waals surface area contributed by atoms with E-state index in [0.29, 0.717) is 0 Å². The third-order valence-electron chi connectivity index (χ3n) is 3.33. The number of thiol groups is 1. The Hall–Kier alpha value is -0.880. The highest BCUT2D eigenvalue weighted by molar-refractivity contribution is 8.60. The number of aromatic amines is 1. The molecule has 0 saturated carbocycles. The molecule has 1 aliphatic heterocycles. The van der Waals surface area contributed by atoms with E-state index in [-0.39, 0.29) is 11.3 Å². The summed E-state index contributed by atoms with van der Waals surface area (Å²) < 4.78 is 64.6. The molecule has 0 aliphatic carbocycles. The maximum absolute atomic E-state index is 13.5. The SMILES string of the molecule is Cc1cn([C@H]2C=C=C(COP(=S)(S)OP(=O)(O)C(F)(F)P(=O)(O)O)O2)c(=O)[nH]c1=O. The van der Waals surface area contributed by atoms with Crippen LogP contribution in [0.5, 0.6) is 0 Å². The summed E-state index contributed by atoms with van der Waals surface area (Å²) in [5.41, 5.74) is -2.88. The molecule has 2 heterocycles. The number of hydrogen-bond donors (Lipinski definition) is 5. The number of nitrogens with zero attached hydrogens (tertiary/aromatic N) is 1. The fourth-order valence-corrected chi connectivity index (χ4v) is 7.55. The molecular weight excluding hydrogens is 515 g/mol. The highest BCUT2D eigenvalue weighted by atomic mass is 32.9. The lowest BCUT2D eigenvalue weighted by atomic mass is 10.4. The first-order valence-corrected chi connectivity index (χ1v) is 14.3. The van der Waals surface area contributed by atoms with Crippen LogP contribution in [0.1, 0.15) is 11.8 Å². The number of H-pyrrole nitrogens is 1. The van der Waals surface area contributed by atoms with E-state index in [1.165, 1.54) is 19.2 Å². The Morgan fingerprint density at radius 2 is 2.00 bits per heavy atom. The van der Waals surface area contributed by atoms with Crippen LogP contribution in [0.15, 0.2) is 33.4 Å². The molecule has 2 unspecified atom stereocenters. The van der Waals surface area contributed by atoms with Gasteiger partial charge < -0.3 is 23.9 Å². The maximum Gasteiger partial charge on any atom is 0.444 e. The molecule has 0 amide bonds. The topological polar surface area (TPSA) is 177 Å². The maximum atomic E-state index is 13.5. The van der Waals surface area contributed by atoms with Crippen LogP contribution in [-0.4, -0.2) is 36.2 Å². The Bertz CT molecular complexity index is 1180. The number of nitrogens with one attached hydrogen (secondary N) is 1. The van der Waals surface area contributed by atoms with Crippen molar-refractivity contribution in [1.29, 1.82) is 0 Å². The Morgan fingerprint density at radius 1 is 1.40 bits per heavy atom. The predicted octanol–water partition coefficient (Wildman–Crippen LogP) is 1.51. The molecule has 0 spiro atoms. The Morgan fingerprint density at radius 3 is 2.57 bits per heavy atom. The van der Waals surface area contributed by atoms with E-state index in [2.05, 4.69) is 39.1 Å². The number of alkyl halides is 2. The largest absolute Gasteiger partial charge is 0.460 e. The molecule has 30 heavy (non-hydrogen) atoms. The monoisotopic (exact) mass is 528 g/mol. The number of aryl methyl sites for hydroxylation is 1. The van der Waals surface area contributed by atoms with Crippen molar-refractivity contribution in [3.63, 3.8) is 0 Å². The van der Waals surface area contributed by atoms with Crippen molar-refractivity contribution in [2.75, 3.05) is 6.61 Å². The third kappa shape index (κ3) is 5.48. The van der Waals surface area contributed by atoms with Gasteiger partial charge in [0.1, 0.15) is 6.61 Å². The van der Waals surface area contributed by atoms with Gasteiger partial charge in [0, 0.05) is 17.8 Å². The minimum absolute atomic E-state index is 0.142. The molecule has 1 aromatic heterocycles. The van der Waals surface area contributed by atoms with Gasteiger partial charge in [-0.05, 0) is 18.7 Å². The van der Waals surface area contributed by atoms with Crippen molar-refractivity contribution in [3.8, 4) is 0 Å². The van der Waals surface area contributed by atoms with Gasteiger partial charge in [-0.15, -0.1) is 0 Å². The van der Waals surface area contributed by atoms with Gasteiger partial charge in [0.05, 0.1) is 0 Å². The highest BCUT2D eigenvalue weighted by Crippen LogP contribution is 2.79. The van der Waals surface area contributed by atoms with Crippen molar-refractivity contribution in [2.24, 2.45) is 0 Å². The number of hydrogen-bond acceptors (Lipinski definition) is 8. The lowest BCUT2D eigenvalue weighted by Crippen LogP contribution is -2.33. The summed E-state index contributed by atoms with van der Waals surface area (Å²) in [5.74, 6) is -0.142. The zero-order chi connectivity index (χ0) is 23.1. The standard InChI is InChI=1S/C11H13F2N2O10P3S2/c1-6-4-15(10(17)14-9(6)16)8-3-2-7(24-8)5-23-28(29,30)25-27(21,22)11(12,13)26(18,19)20/h3-4,8H,5H2,1H3,(H,21,22)(H,29,30)(H,14,16,17)(H2,18,19,20)/t8-/m1/s1. The molecule has 0 bridgehead atoms. The average Bonchev–Trinajstić information content (AvgIpc) is 3.03. The molecule has 12 nitrogen and oxygen atoms in total. The van der Waals surface area contributed by atoms with Gasteiger partial charge in [-0.25, -0.2) is 9.11 Å². The number of aromatic nitrogens is 2. The van der Waals surface area contributed by atoms with E-state index in [0.717, 1.165) is 4.57 Å². The molecule has 0 saturated heterocycles. The van der Waals surface area contributed by atoms with Crippen molar-refractivity contribution < 1.29 is 46.2 Å². The first-order chi connectivity index (χ1) is 13.5. The zero-order valence-electron chi connectivity index (χ0n) is 14.5. The molecule has 1 aromatic rings. The molecule has 19 heteroatoms. The van der Waals surface area contributed by atoms with Crippen molar-refractivity contribution in [1.82, 2.24) is 9.55 Å². The van der Waals surface area contributed by atoms with Gasteiger partial charge in [-0.2, -0.15) is 8.78 Å². The van der Waals surface area contributed by atoms with Gasteiger partial charge in [-0.3, -0.25) is 23.5 Å². The highest BCUT2D eigenvalue weighted by Gasteiger charge is 2.66. The first kappa shape index (κ1) is 25.4. The number of halogens is 2. The molecule has 4 N–H and O–H groups in total. The van der Waals surface area contributed by atoms with Crippen LogP contribution in [0.25, 0.3) is 0 Å². The second kappa shape index (κ2) is 8.57. The van der Waals surface area contributed by atoms with E-state index in [9.17, 15) is 32.4 Å². The molecule has 2 rings (SSSR count). The van der Waals surface area contributed by atoms with Gasteiger partial charge in [0.25, 0.3) is 11.3 Å². The lowest BCUT2D eigenvalue weighted by Gasteiger charge is -2.26. The van der Waals surface area contributed by atoms with E-state index in [4.69, 9.17) is 19.0 Å². The molecule has 0 fully saturated rings. The van der Waals surface area contributed by atoms with E-state index in [1.54, 1.807) is 0 Å². The second-order valence-electron chi connectivity index (χ2n) is 5.62. The van der Waals surface area contributed by atoms with Crippen LogP contribution >= 0.6 is 33.1 Å². The summed E-state index contributed by atoms with van der Waals surface area (Å²) in [4.78, 5) is 51.7. The van der Waals surface area contributed by atoms with Crippen LogP contribution in [0.2, 0.25) is 0 Å². The first-order valence-electron chi connectivity index (χ1n) is 7.36. The van der Waals surface area contributed by atoms with E-state index < -0.39 is 50.4 Å². The molecule has 1 aliphatic rings. The summed E-state index contributed by atoms with van der Waals surface area (Å²) in [6, 6.07) is 0. The summed E-state index contributed by atoms with van der Waals surface area (Å²) in [7, 11) is -12.7. The minimum Gasteiger partial charge on any atom is -0.460 e. The third-order valence-corrected chi connectivity index (χ3v) is 10.3. The quantitative estimate of drug-likeness (QED) is 0.188. The van der Waals surface area contributed by atoms with E-state index in [1.807, 2.05) is 0 Å². The van der Waals surface area contributed by atoms with Gasteiger partial charge in [0.15, 0.2) is 5.76 Å². The van der Waals surface area contributed by atoms with E-state index >= 15 is 0 Å². The summed E-state index contributed by atoms with van der Waals surface area (Å²) >= 11 is 8.18. The van der Waals surface area contributed by atoms with Crippen LogP contribution < -0.4 is 11.2 Å². The summed E-state index contributed by atoms with van der Waals surface area (Å²) in [5, 5.41) is -5.44. The summed E-state index contributed by atoms with van der Waals surface area (Å²) in [6.07, 6.45) is 1.42. The van der Waals surface area contributed by atoms with Gasteiger partial charge in [-0.1, -0.05) is 18.0 Å². The average molecular weight is 528 g/mol. The van der Waals surface area contributed by atoms with Crippen LogP contribution in [-0.2, 0) is 34.5 Å². The normalized spacial score (nSPS) is 20.9. The van der Waals surface area contributed by atoms with Crippen LogP contribution in [0.4, 0.5) is 8.78 Å². The molecule has 0 radical (unpaired) electrons. The summed E-state index contributed by atoms with van der Waals surface area (Å²) in [6.45, 7) is 0.784. The van der Waals surface area contributed by atoms with Gasteiger partial charge >= 0.3 is 26.3 Å². The number of ether oxygens (including phenoxy) is 1. The fraction of sp³-hybridized carbons (Fsp3) is 0.364. The lowest BCUT2D eigenvalue weighted by molar-refractivity contribution is 0.0844. The molecular formula is C11H13F2N2O10P3S2. The Balaban J connectivity index is 2.05. The van der Waals surface area contributed by atoms with Crippen molar-refractivity contribution in [3.05, 3.63) is 50.2 Å². The van der Waals surface area contributed by atoms with Crippen molar-refractivity contribution >= 4 is 44.9 Å². The van der Waals surface area contributed by atoms with Crippen molar-refractivity contribution in [2.45, 2.75) is 18.6 Å². The molecule has 0 aromatic carbocycles. The fourth-order valence-electron chi connectivity index (χ4n) is 1.88. The van der Waals surface area contributed by atoms with Gasteiger partial charge in [0.2, 0.25) is 6.23 Å². The predicted molar refractivity (Wildman–Crippen MR) is 105 cm³/mol. The molecule has 168 valence electrons. The second-order valence-corrected chi connectivity index (χ2v) is 14.9. The van der Waals surface area contributed by atoms with Crippen LogP contribution in [0.3, 0.4) is 0 Å². The number of rotatable bonds is 8. The molecule has 3 atom stereocenters. The van der Waals surface area contributed by atoms with Crippen LogP contribution in [0, 0.1) is 6.92 Å². The smallest absolute Gasteiger partial charge is 0.444 e. The Kier molecular flexibility index (Phi) is 7.25. The minimum atomic E-state index is -6.36. The Labute approximate surface area is 176 Å².